The molecule has 0 aromatic rings. The van der Waals surface area contributed by atoms with Crippen LogP contribution in [0.3, 0.4) is 0 Å². The molecule has 0 spiro atoms. The van der Waals surface area contributed by atoms with Crippen molar-refractivity contribution in [3.8, 4) is 0 Å². The minimum Gasteiger partial charge on any atom is -0.457 e. The fourth-order valence-electron chi connectivity index (χ4n) is 1.16. The van der Waals surface area contributed by atoms with Gasteiger partial charge in [-0.1, -0.05) is 19.9 Å². The summed E-state index contributed by atoms with van der Waals surface area (Å²) in [5.74, 6) is -0.377. The third kappa shape index (κ3) is 9.19. The van der Waals surface area contributed by atoms with E-state index in [1.54, 1.807) is 13.8 Å². The highest BCUT2D eigenvalue weighted by Gasteiger charge is 2.12. The zero-order valence-electron chi connectivity index (χ0n) is 12.0. The summed E-state index contributed by atoms with van der Waals surface area (Å²) in [7, 11) is 0. The van der Waals surface area contributed by atoms with E-state index in [4.69, 9.17) is 14.2 Å². The molecule has 0 fully saturated rings. The highest BCUT2D eigenvalue weighted by Crippen LogP contribution is 2.01. The number of ether oxygens (including phenoxy) is 3. The molecule has 0 rings (SSSR count). The van der Waals surface area contributed by atoms with Gasteiger partial charge in [-0.05, 0) is 27.2 Å². The summed E-state index contributed by atoms with van der Waals surface area (Å²) < 4.78 is 16.1. The van der Waals surface area contributed by atoms with E-state index in [1.807, 2.05) is 6.92 Å². The zero-order chi connectivity index (χ0) is 14.0. The van der Waals surface area contributed by atoms with Crippen molar-refractivity contribution in [1.29, 1.82) is 0 Å². The molecule has 0 saturated carbocycles. The van der Waals surface area contributed by atoms with Crippen molar-refractivity contribution >= 4 is 5.97 Å². The molecule has 0 aliphatic rings. The Morgan fingerprint density at radius 1 is 1.22 bits per heavy atom. The van der Waals surface area contributed by atoms with Gasteiger partial charge in [0, 0.05) is 12.2 Å². The Kier molecular flexibility index (Phi) is 9.60. The first-order valence-electron chi connectivity index (χ1n) is 6.53. The third-order valence-corrected chi connectivity index (χ3v) is 2.27. The molecule has 18 heavy (non-hydrogen) atoms. The van der Waals surface area contributed by atoms with Gasteiger partial charge in [-0.2, -0.15) is 0 Å². The molecule has 0 amide bonds. The van der Waals surface area contributed by atoms with E-state index < -0.39 is 0 Å². The monoisotopic (exact) mass is 258 g/mol. The van der Waals surface area contributed by atoms with Gasteiger partial charge in [0.15, 0.2) is 0 Å². The van der Waals surface area contributed by atoms with Gasteiger partial charge >= 0.3 is 5.97 Å². The smallest absolute Gasteiger partial charge is 0.333 e. The van der Waals surface area contributed by atoms with Gasteiger partial charge in [-0.15, -0.1) is 0 Å². The molecule has 4 nitrogen and oxygen atoms in total. The van der Waals surface area contributed by atoms with Crippen LogP contribution in [0.1, 0.15) is 40.5 Å². The van der Waals surface area contributed by atoms with Crippen molar-refractivity contribution in [2.45, 2.75) is 52.7 Å². The first kappa shape index (κ1) is 17.1. The van der Waals surface area contributed by atoms with Crippen LogP contribution in [-0.2, 0) is 19.0 Å². The maximum atomic E-state index is 11.2. The predicted molar refractivity (Wildman–Crippen MR) is 71.5 cm³/mol. The highest BCUT2D eigenvalue weighted by molar-refractivity contribution is 5.87. The van der Waals surface area contributed by atoms with Gasteiger partial charge in [-0.3, -0.25) is 0 Å². The molecule has 0 aromatic heterocycles. The number of carbonyl (C=O) groups is 1. The standard InChI is InChI=1S/C14H26O4/c1-6-7-8-16-9-12(4)17-10-13(5)18-14(15)11(2)3/h12-13H,2,6-10H2,1,3-5H3. The normalized spacial score (nSPS) is 14.0. The summed E-state index contributed by atoms with van der Waals surface area (Å²) in [5.41, 5.74) is 0.401. The van der Waals surface area contributed by atoms with Crippen molar-refractivity contribution in [3.63, 3.8) is 0 Å². The van der Waals surface area contributed by atoms with E-state index in [9.17, 15) is 4.79 Å². The van der Waals surface area contributed by atoms with Crippen LogP contribution >= 0.6 is 0 Å². The van der Waals surface area contributed by atoms with Gasteiger partial charge in [0.25, 0.3) is 0 Å². The third-order valence-electron chi connectivity index (χ3n) is 2.27. The quantitative estimate of drug-likeness (QED) is 0.343. The van der Waals surface area contributed by atoms with Crippen molar-refractivity contribution in [1.82, 2.24) is 0 Å². The summed E-state index contributed by atoms with van der Waals surface area (Å²) in [6.07, 6.45) is 1.93. The maximum absolute atomic E-state index is 11.2. The second-order valence-corrected chi connectivity index (χ2v) is 4.57. The highest BCUT2D eigenvalue weighted by atomic mass is 16.6. The van der Waals surface area contributed by atoms with E-state index in [-0.39, 0.29) is 18.2 Å². The molecule has 106 valence electrons. The second-order valence-electron chi connectivity index (χ2n) is 4.57. The molecule has 0 heterocycles. The molecule has 0 saturated heterocycles. The molecule has 0 radical (unpaired) electrons. The minimum atomic E-state index is -0.377. The number of hydrogen-bond acceptors (Lipinski definition) is 4. The van der Waals surface area contributed by atoms with Gasteiger partial charge in [0.1, 0.15) is 6.10 Å². The minimum absolute atomic E-state index is 0.00726. The molecule has 4 heteroatoms. The molecular weight excluding hydrogens is 232 g/mol. The Hall–Kier alpha value is -0.870. The van der Waals surface area contributed by atoms with Crippen molar-refractivity contribution in [3.05, 3.63) is 12.2 Å². The SMILES string of the molecule is C=C(C)C(=O)OC(C)COC(C)COCCCC. The van der Waals surface area contributed by atoms with Crippen LogP contribution in [-0.4, -0.2) is 38.0 Å². The largest absolute Gasteiger partial charge is 0.457 e. The van der Waals surface area contributed by atoms with Crippen molar-refractivity contribution in [2.75, 3.05) is 19.8 Å². The van der Waals surface area contributed by atoms with Crippen LogP contribution in [0.25, 0.3) is 0 Å². The van der Waals surface area contributed by atoms with Crippen LogP contribution in [0.4, 0.5) is 0 Å². The van der Waals surface area contributed by atoms with Crippen molar-refractivity contribution < 1.29 is 19.0 Å². The van der Waals surface area contributed by atoms with E-state index in [0.29, 0.717) is 18.8 Å². The number of rotatable bonds is 10. The lowest BCUT2D eigenvalue weighted by molar-refractivity contribution is -0.147. The first-order chi connectivity index (χ1) is 8.47. The van der Waals surface area contributed by atoms with Gasteiger partial charge < -0.3 is 14.2 Å². The molecular formula is C14H26O4. The summed E-state index contributed by atoms with van der Waals surface area (Å²) in [6, 6.07) is 0. The van der Waals surface area contributed by atoms with Crippen LogP contribution in [0.5, 0.6) is 0 Å². The molecule has 2 unspecified atom stereocenters. The predicted octanol–water partition coefficient (Wildman–Crippen LogP) is 2.72. The van der Waals surface area contributed by atoms with E-state index in [2.05, 4.69) is 13.5 Å². The lowest BCUT2D eigenvalue weighted by atomic mass is 10.3. The number of carbonyl (C=O) groups excluding carboxylic acids is 1. The van der Waals surface area contributed by atoms with Crippen LogP contribution in [0.15, 0.2) is 12.2 Å². The zero-order valence-corrected chi connectivity index (χ0v) is 12.0. The average Bonchev–Trinajstić information content (AvgIpc) is 2.32. The maximum Gasteiger partial charge on any atom is 0.333 e. The van der Waals surface area contributed by atoms with Gasteiger partial charge in [0.05, 0.1) is 19.3 Å². The van der Waals surface area contributed by atoms with Crippen molar-refractivity contribution in [2.24, 2.45) is 0 Å². The average molecular weight is 258 g/mol. The summed E-state index contributed by atoms with van der Waals surface area (Å²) in [6.45, 7) is 12.7. The molecule has 0 bridgehead atoms. The van der Waals surface area contributed by atoms with Crippen LogP contribution in [0, 0.1) is 0 Å². The fraction of sp³-hybridized carbons (Fsp3) is 0.786. The Labute approximate surface area is 110 Å². The number of hydrogen-bond donors (Lipinski definition) is 0. The Bertz CT molecular complexity index is 250. The van der Waals surface area contributed by atoms with E-state index in [1.165, 1.54) is 0 Å². The Morgan fingerprint density at radius 2 is 1.89 bits per heavy atom. The first-order valence-corrected chi connectivity index (χ1v) is 6.53. The molecule has 0 aromatic carbocycles. The molecule has 2 atom stereocenters. The lowest BCUT2D eigenvalue weighted by Gasteiger charge is -2.17. The van der Waals surface area contributed by atoms with Crippen LogP contribution in [0.2, 0.25) is 0 Å². The Morgan fingerprint density at radius 3 is 2.44 bits per heavy atom. The summed E-state index contributed by atoms with van der Waals surface area (Å²) >= 11 is 0. The van der Waals surface area contributed by atoms with E-state index in [0.717, 1.165) is 19.4 Å². The topological polar surface area (TPSA) is 44.8 Å². The fourth-order valence-corrected chi connectivity index (χ4v) is 1.16. The Balaban J connectivity index is 3.61. The number of esters is 1. The number of unbranched alkanes of at least 4 members (excludes halogenated alkanes) is 1. The van der Waals surface area contributed by atoms with Gasteiger partial charge in [0.2, 0.25) is 0 Å². The molecule has 0 aliphatic carbocycles. The molecule has 0 aliphatic heterocycles. The second kappa shape index (κ2) is 10.1. The molecule has 0 N–H and O–H groups in total. The lowest BCUT2D eigenvalue weighted by Crippen LogP contribution is -2.25. The summed E-state index contributed by atoms with van der Waals surface area (Å²) in [5, 5.41) is 0. The van der Waals surface area contributed by atoms with E-state index >= 15 is 0 Å². The van der Waals surface area contributed by atoms with Crippen LogP contribution < -0.4 is 0 Å². The summed E-state index contributed by atoms with van der Waals surface area (Å²) in [4.78, 5) is 11.2. The van der Waals surface area contributed by atoms with Gasteiger partial charge in [-0.25, -0.2) is 4.79 Å².